The number of fused-ring (bicyclic) bond motifs is 1. The molecule has 1 fully saturated rings. The largest absolute Gasteiger partial charge is 0.459 e. The summed E-state index contributed by atoms with van der Waals surface area (Å²) in [5.74, 6) is -1.89. The summed E-state index contributed by atoms with van der Waals surface area (Å²) >= 11 is 8.65. The summed E-state index contributed by atoms with van der Waals surface area (Å²) in [5, 5.41) is 1.16. The van der Waals surface area contributed by atoms with Gasteiger partial charge in [0.15, 0.2) is 18.4 Å². The number of halogens is 2. The van der Waals surface area contributed by atoms with E-state index in [0.717, 1.165) is 3.57 Å². The Labute approximate surface area is 270 Å². The van der Waals surface area contributed by atoms with Gasteiger partial charge in [-0.25, -0.2) is 19.4 Å². The van der Waals surface area contributed by atoms with Crippen molar-refractivity contribution in [3.63, 3.8) is 0 Å². The number of carbonyl (C=O) groups excluding carboxylic acids is 3. The summed E-state index contributed by atoms with van der Waals surface area (Å²) < 4.78 is 26.6. The molecule has 44 heavy (non-hydrogen) atoms. The summed E-state index contributed by atoms with van der Waals surface area (Å²) in [5.41, 5.74) is 1.41. The lowest BCUT2D eigenvalue weighted by molar-refractivity contribution is -0.0604. The number of hydrogen-bond acceptors (Lipinski definition) is 8. The maximum atomic E-state index is 13.4. The zero-order valence-corrected chi connectivity index (χ0v) is 25.8. The van der Waals surface area contributed by atoms with E-state index in [4.69, 9.17) is 30.5 Å². The molecular formula is C33H24ClIN2O7. The minimum Gasteiger partial charge on any atom is -0.459 e. The standard InChI is InChI=1S/C33H24ClIN2O7/c34-23-16-17-36-29-26(23)24(35)18-37(29)30-28(44-33(40)22-14-8-3-9-15-22)27(43-32(39)21-12-6-2-7-13-21)25(42-30)19-41-31(38)20-10-4-1-5-11-20/h1-18,25,27-28,30H,19H2. The van der Waals surface area contributed by atoms with Crippen LogP contribution in [0.1, 0.15) is 37.3 Å². The lowest BCUT2D eigenvalue weighted by Crippen LogP contribution is -2.41. The van der Waals surface area contributed by atoms with E-state index in [1.54, 1.807) is 114 Å². The molecule has 0 aliphatic carbocycles. The molecule has 5 aromatic rings. The van der Waals surface area contributed by atoms with Crippen LogP contribution >= 0.6 is 34.2 Å². The molecule has 6 rings (SSSR count). The molecule has 0 amide bonds. The van der Waals surface area contributed by atoms with Crippen molar-refractivity contribution < 1.29 is 33.3 Å². The third kappa shape index (κ3) is 6.19. The second kappa shape index (κ2) is 13.2. The zero-order valence-electron chi connectivity index (χ0n) is 22.9. The fourth-order valence-corrected chi connectivity index (χ4v) is 6.20. The van der Waals surface area contributed by atoms with Crippen molar-refractivity contribution in [2.24, 2.45) is 0 Å². The minimum atomic E-state index is -1.17. The first-order valence-corrected chi connectivity index (χ1v) is 15.1. The summed E-state index contributed by atoms with van der Waals surface area (Å²) in [7, 11) is 0. The molecule has 9 nitrogen and oxygen atoms in total. The van der Waals surface area contributed by atoms with Crippen LogP contribution in [0.3, 0.4) is 0 Å². The van der Waals surface area contributed by atoms with E-state index < -0.39 is 42.4 Å². The van der Waals surface area contributed by atoms with E-state index in [-0.39, 0.29) is 6.61 Å². The zero-order chi connectivity index (χ0) is 30.6. The monoisotopic (exact) mass is 722 g/mol. The Morgan fingerprint density at radius 2 is 1.30 bits per heavy atom. The topological polar surface area (TPSA) is 106 Å². The average molecular weight is 723 g/mol. The molecule has 0 spiro atoms. The van der Waals surface area contributed by atoms with Gasteiger partial charge in [-0.05, 0) is 65.1 Å². The number of aromatic nitrogens is 2. The number of hydrogen-bond donors (Lipinski definition) is 0. The Hall–Kier alpha value is -4.26. The molecule has 0 saturated carbocycles. The molecular weight excluding hydrogens is 699 g/mol. The first-order chi connectivity index (χ1) is 21.4. The van der Waals surface area contributed by atoms with Gasteiger partial charge in [0.1, 0.15) is 18.4 Å². The summed E-state index contributed by atoms with van der Waals surface area (Å²) in [6, 6.07) is 27.0. The van der Waals surface area contributed by atoms with Gasteiger partial charge in [-0.3, -0.25) is 0 Å². The van der Waals surface area contributed by atoms with Crippen LogP contribution in [0.25, 0.3) is 11.0 Å². The molecule has 11 heteroatoms. The third-order valence-electron chi connectivity index (χ3n) is 7.07. The van der Waals surface area contributed by atoms with E-state index in [9.17, 15) is 14.4 Å². The predicted octanol–water partition coefficient (Wildman–Crippen LogP) is 6.50. The Bertz CT molecular complexity index is 1800. The summed E-state index contributed by atoms with van der Waals surface area (Å²) in [6.45, 7) is -0.291. The van der Waals surface area contributed by atoms with Crippen LogP contribution in [0.4, 0.5) is 0 Å². The molecule has 4 unspecified atom stereocenters. The van der Waals surface area contributed by atoms with E-state index in [2.05, 4.69) is 27.6 Å². The highest BCUT2D eigenvalue weighted by Gasteiger charge is 2.51. The van der Waals surface area contributed by atoms with Crippen LogP contribution in [0.15, 0.2) is 109 Å². The molecule has 1 aliphatic heterocycles. The fraction of sp³-hybridized carbons (Fsp3) is 0.152. The highest BCUT2D eigenvalue weighted by Crippen LogP contribution is 2.39. The van der Waals surface area contributed by atoms with Gasteiger partial charge in [0.25, 0.3) is 0 Å². The summed E-state index contributed by atoms with van der Waals surface area (Å²) in [6.07, 6.45) is -1.03. The van der Waals surface area contributed by atoms with Crippen LogP contribution < -0.4 is 0 Å². The van der Waals surface area contributed by atoms with Crippen LogP contribution in [-0.4, -0.2) is 52.4 Å². The van der Waals surface area contributed by atoms with Gasteiger partial charge in [0, 0.05) is 16.0 Å². The Kier molecular flexibility index (Phi) is 8.91. The van der Waals surface area contributed by atoms with Crippen LogP contribution in [0.5, 0.6) is 0 Å². The number of carbonyl (C=O) groups is 3. The van der Waals surface area contributed by atoms with Crippen molar-refractivity contribution in [1.82, 2.24) is 9.55 Å². The van der Waals surface area contributed by atoms with E-state index in [1.807, 2.05) is 0 Å². The van der Waals surface area contributed by atoms with Crippen molar-refractivity contribution >= 4 is 63.1 Å². The molecule has 4 atom stereocenters. The summed E-state index contributed by atoms with van der Waals surface area (Å²) in [4.78, 5) is 44.1. The number of nitrogens with zero attached hydrogens (tertiary/aromatic N) is 2. The normalized spacial score (nSPS) is 19.4. The first kappa shape index (κ1) is 29.8. The SMILES string of the molecule is O=C(OCC1OC(n2cc(I)c3c(Cl)ccnc32)C(OC(=O)c2ccccc2)C1OC(=O)c1ccccc1)c1ccccc1. The smallest absolute Gasteiger partial charge is 0.338 e. The first-order valence-electron chi connectivity index (χ1n) is 13.6. The molecule has 222 valence electrons. The van der Waals surface area contributed by atoms with Gasteiger partial charge in [0.05, 0.1) is 27.1 Å². The molecule has 2 aromatic heterocycles. The maximum Gasteiger partial charge on any atom is 0.338 e. The Morgan fingerprint density at radius 3 is 1.86 bits per heavy atom. The fourth-order valence-electron chi connectivity index (χ4n) is 4.97. The molecule has 3 heterocycles. The molecule has 1 saturated heterocycles. The van der Waals surface area contributed by atoms with E-state index >= 15 is 0 Å². The number of pyridine rings is 1. The van der Waals surface area contributed by atoms with Crippen LogP contribution in [-0.2, 0) is 18.9 Å². The van der Waals surface area contributed by atoms with Gasteiger partial charge in [-0.15, -0.1) is 0 Å². The van der Waals surface area contributed by atoms with Crippen molar-refractivity contribution in [2.45, 2.75) is 24.5 Å². The lowest BCUT2D eigenvalue weighted by atomic mass is 10.1. The minimum absolute atomic E-state index is 0.290. The molecule has 0 radical (unpaired) electrons. The molecule has 0 bridgehead atoms. The van der Waals surface area contributed by atoms with Crippen molar-refractivity contribution in [1.29, 1.82) is 0 Å². The van der Waals surface area contributed by atoms with Crippen LogP contribution in [0, 0.1) is 3.57 Å². The molecule has 1 aliphatic rings. The van der Waals surface area contributed by atoms with E-state index in [0.29, 0.717) is 32.7 Å². The highest BCUT2D eigenvalue weighted by molar-refractivity contribution is 14.1. The van der Waals surface area contributed by atoms with Crippen molar-refractivity contribution in [2.75, 3.05) is 6.61 Å². The number of benzene rings is 3. The van der Waals surface area contributed by atoms with Crippen molar-refractivity contribution in [3.8, 4) is 0 Å². The molecule has 3 aromatic carbocycles. The number of rotatable bonds is 8. The van der Waals surface area contributed by atoms with Gasteiger partial charge >= 0.3 is 17.9 Å². The van der Waals surface area contributed by atoms with Gasteiger partial charge in [0.2, 0.25) is 0 Å². The van der Waals surface area contributed by atoms with Gasteiger partial charge in [-0.1, -0.05) is 66.2 Å². The quantitative estimate of drug-likeness (QED) is 0.102. The van der Waals surface area contributed by atoms with Gasteiger partial charge < -0.3 is 23.5 Å². The number of ether oxygens (including phenoxy) is 4. The average Bonchev–Trinajstić information content (AvgIpc) is 3.57. The lowest BCUT2D eigenvalue weighted by Gasteiger charge is -2.25. The van der Waals surface area contributed by atoms with Crippen molar-refractivity contribution in [3.05, 3.63) is 135 Å². The molecule has 0 N–H and O–H groups in total. The maximum absolute atomic E-state index is 13.4. The highest BCUT2D eigenvalue weighted by atomic mass is 127. The van der Waals surface area contributed by atoms with E-state index in [1.165, 1.54) is 0 Å². The second-order valence-corrected chi connectivity index (χ2v) is 11.4. The number of esters is 3. The third-order valence-corrected chi connectivity index (χ3v) is 8.20. The Balaban J connectivity index is 1.39. The Morgan fingerprint density at radius 1 is 0.773 bits per heavy atom. The van der Waals surface area contributed by atoms with Gasteiger partial charge in [-0.2, -0.15) is 0 Å². The predicted molar refractivity (Wildman–Crippen MR) is 169 cm³/mol. The second-order valence-electron chi connectivity index (χ2n) is 9.88. The van der Waals surface area contributed by atoms with Crippen LogP contribution in [0.2, 0.25) is 5.02 Å².